The van der Waals surface area contributed by atoms with Crippen LogP contribution in [0.2, 0.25) is 5.02 Å². The lowest BCUT2D eigenvalue weighted by atomic mass is 10.2. The first-order valence-corrected chi connectivity index (χ1v) is 6.50. The third kappa shape index (κ3) is 2.65. The number of benzene rings is 2. The fourth-order valence-corrected chi connectivity index (χ4v) is 2.09. The van der Waals surface area contributed by atoms with E-state index in [2.05, 4.69) is 9.97 Å². The molecule has 0 aliphatic rings. The Morgan fingerprint density at radius 1 is 1.05 bits per heavy atom. The van der Waals surface area contributed by atoms with Crippen LogP contribution in [0.1, 0.15) is 5.56 Å². The van der Waals surface area contributed by atoms with Gasteiger partial charge in [0.2, 0.25) is 11.8 Å². The summed E-state index contributed by atoms with van der Waals surface area (Å²) in [6.45, 7) is 0.426. The van der Waals surface area contributed by atoms with Gasteiger partial charge in [0.05, 0.1) is 10.9 Å². The second-order valence-electron chi connectivity index (χ2n) is 4.32. The van der Waals surface area contributed by atoms with E-state index >= 15 is 0 Å². The molecule has 0 atom stereocenters. The topological polar surface area (TPSA) is 61.0 Å². The van der Waals surface area contributed by atoms with Crippen molar-refractivity contribution in [1.29, 1.82) is 0 Å². The molecule has 0 aliphatic carbocycles. The molecule has 2 N–H and O–H groups in total. The molecule has 0 saturated carbocycles. The summed E-state index contributed by atoms with van der Waals surface area (Å²) in [6, 6.07) is 15.2. The van der Waals surface area contributed by atoms with Crippen LogP contribution in [0.25, 0.3) is 10.9 Å². The summed E-state index contributed by atoms with van der Waals surface area (Å²) in [5, 5.41) is 1.39. The normalized spacial score (nSPS) is 10.7. The highest BCUT2D eigenvalue weighted by Gasteiger charge is 2.08. The molecule has 0 fully saturated rings. The molecule has 0 radical (unpaired) electrons. The zero-order chi connectivity index (χ0) is 13.9. The Hall–Kier alpha value is -2.33. The maximum Gasteiger partial charge on any atom is 0.226 e. The standard InChI is InChI=1S/C15H12ClN3O/c16-11-6-7-12-13(8-11)18-15(17)19-14(12)20-9-10-4-2-1-3-5-10/h1-8H,9H2,(H2,17,18,19). The summed E-state index contributed by atoms with van der Waals surface area (Å²) >= 11 is 5.95. The van der Waals surface area contributed by atoms with Gasteiger partial charge in [0.25, 0.3) is 0 Å². The smallest absolute Gasteiger partial charge is 0.226 e. The predicted octanol–water partition coefficient (Wildman–Crippen LogP) is 3.44. The third-order valence-electron chi connectivity index (χ3n) is 2.86. The Morgan fingerprint density at radius 2 is 1.85 bits per heavy atom. The van der Waals surface area contributed by atoms with Crippen molar-refractivity contribution in [3.8, 4) is 5.88 Å². The van der Waals surface area contributed by atoms with Gasteiger partial charge in [-0.2, -0.15) is 4.98 Å². The highest BCUT2D eigenvalue weighted by atomic mass is 35.5. The van der Waals surface area contributed by atoms with E-state index < -0.39 is 0 Å². The number of aromatic nitrogens is 2. The number of rotatable bonds is 3. The quantitative estimate of drug-likeness (QED) is 0.801. The van der Waals surface area contributed by atoms with Gasteiger partial charge in [-0.25, -0.2) is 4.98 Å². The molecular formula is C15H12ClN3O. The number of nitrogens with two attached hydrogens (primary N) is 1. The molecule has 0 amide bonds. The van der Waals surface area contributed by atoms with Gasteiger partial charge in [0.1, 0.15) is 6.61 Å². The van der Waals surface area contributed by atoms with Crippen molar-refractivity contribution in [2.75, 3.05) is 5.73 Å². The van der Waals surface area contributed by atoms with Crippen LogP contribution in [0.4, 0.5) is 5.95 Å². The molecule has 1 aromatic heterocycles. The Balaban J connectivity index is 1.94. The zero-order valence-corrected chi connectivity index (χ0v) is 11.3. The van der Waals surface area contributed by atoms with Crippen LogP contribution in [0, 0.1) is 0 Å². The van der Waals surface area contributed by atoms with Crippen LogP contribution in [-0.2, 0) is 6.61 Å². The minimum absolute atomic E-state index is 0.169. The van der Waals surface area contributed by atoms with E-state index in [4.69, 9.17) is 22.1 Å². The molecule has 0 spiro atoms. The molecule has 1 heterocycles. The van der Waals surface area contributed by atoms with Crippen LogP contribution >= 0.6 is 11.6 Å². The molecular weight excluding hydrogens is 274 g/mol. The second kappa shape index (κ2) is 5.35. The molecule has 100 valence electrons. The maximum absolute atomic E-state index is 5.95. The van der Waals surface area contributed by atoms with Gasteiger partial charge >= 0.3 is 0 Å². The van der Waals surface area contributed by atoms with E-state index in [1.807, 2.05) is 36.4 Å². The van der Waals surface area contributed by atoms with Crippen LogP contribution < -0.4 is 10.5 Å². The Labute approximate surface area is 121 Å². The van der Waals surface area contributed by atoms with E-state index in [9.17, 15) is 0 Å². The number of hydrogen-bond acceptors (Lipinski definition) is 4. The summed E-state index contributed by atoms with van der Waals surface area (Å²) in [6.07, 6.45) is 0. The Morgan fingerprint density at radius 3 is 2.65 bits per heavy atom. The zero-order valence-electron chi connectivity index (χ0n) is 10.6. The molecule has 4 nitrogen and oxygen atoms in total. The number of hydrogen-bond donors (Lipinski definition) is 1. The van der Waals surface area contributed by atoms with Gasteiger partial charge in [0, 0.05) is 5.02 Å². The lowest BCUT2D eigenvalue weighted by molar-refractivity contribution is 0.298. The lowest BCUT2D eigenvalue weighted by Crippen LogP contribution is -2.02. The van der Waals surface area contributed by atoms with E-state index in [0.717, 1.165) is 10.9 Å². The first-order chi connectivity index (χ1) is 9.72. The number of anilines is 1. The summed E-state index contributed by atoms with van der Waals surface area (Å²) in [5.74, 6) is 0.635. The fourth-order valence-electron chi connectivity index (χ4n) is 1.93. The fraction of sp³-hybridized carbons (Fsp3) is 0.0667. The molecule has 2 aromatic carbocycles. The average Bonchev–Trinajstić information content (AvgIpc) is 2.45. The second-order valence-corrected chi connectivity index (χ2v) is 4.76. The molecule has 0 aliphatic heterocycles. The largest absolute Gasteiger partial charge is 0.472 e. The van der Waals surface area contributed by atoms with Crippen LogP contribution in [-0.4, -0.2) is 9.97 Å². The van der Waals surface area contributed by atoms with Crippen molar-refractivity contribution in [2.45, 2.75) is 6.61 Å². The van der Waals surface area contributed by atoms with Gasteiger partial charge in [-0.3, -0.25) is 0 Å². The maximum atomic E-state index is 5.95. The molecule has 0 bridgehead atoms. The molecule has 3 rings (SSSR count). The summed E-state index contributed by atoms with van der Waals surface area (Å²) < 4.78 is 5.75. The van der Waals surface area contributed by atoms with Crippen molar-refractivity contribution < 1.29 is 4.74 Å². The van der Waals surface area contributed by atoms with E-state index in [-0.39, 0.29) is 5.95 Å². The number of fused-ring (bicyclic) bond motifs is 1. The summed E-state index contributed by atoms with van der Waals surface area (Å²) in [7, 11) is 0. The number of nitrogens with zero attached hydrogens (tertiary/aromatic N) is 2. The van der Waals surface area contributed by atoms with Crippen molar-refractivity contribution in [3.63, 3.8) is 0 Å². The molecule has 20 heavy (non-hydrogen) atoms. The number of nitrogen functional groups attached to an aromatic ring is 1. The van der Waals surface area contributed by atoms with Crippen molar-refractivity contribution in [3.05, 3.63) is 59.1 Å². The predicted molar refractivity (Wildman–Crippen MR) is 79.7 cm³/mol. The first-order valence-electron chi connectivity index (χ1n) is 6.12. The highest BCUT2D eigenvalue weighted by Crippen LogP contribution is 2.26. The SMILES string of the molecule is Nc1nc(OCc2ccccc2)c2ccc(Cl)cc2n1. The number of ether oxygens (including phenoxy) is 1. The van der Waals surface area contributed by atoms with Crippen LogP contribution in [0.5, 0.6) is 5.88 Å². The van der Waals surface area contributed by atoms with E-state index in [0.29, 0.717) is 23.0 Å². The monoisotopic (exact) mass is 285 g/mol. The van der Waals surface area contributed by atoms with Crippen molar-refractivity contribution in [2.24, 2.45) is 0 Å². The van der Waals surface area contributed by atoms with Crippen LogP contribution in [0.3, 0.4) is 0 Å². The average molecular weight is 286 g/mol. The van der Waals surface area contributed by atoms with Crippen LogP contribution in [0.15, 0.2) is 48.5 Å². The lowest BCUT2D eigenvalue weighted by Gasteiger charge is -2.09. The molecule has 5 heteroatoms. The molecule has 3 aromatic rings. The number of halogens is 1. The highest BCUT2D eigenvalue weighted by molar-refractivity contribution is 6.31. The van der Waals surface area contributed by atoms with Crippen molar-refractivity contribution >= 4 is 28.5 Å². The van der Waals surface area contributed by atoms with E-state index in [1.54, 1.807) is 12.1 Å². The van der Waals surface area contributed by atoms with Gasteiger partial charge in [-0.05, 0) is 23.8 Å². The minimum Gasteiger partial charge on any atom is -0.472 e. The first kappa shape index (κ1) is 12.7. The van der Waals surface area contributed by atoms with Gasteiger partial charge < -0.3 is 10.5 Å². The Bertz CT molecular complexity index is 741. The van der Waals surface area contributed by atoms with Gasteiger partial charge in [-0.1, -0.05) is 41.9 Å². The molecule has 0 unspecified atom stereocenters. The third-order valence-corrected chi connectivity index (χ3v) is 3.09. The van der Waals surface area contributed by atoms with Gasteiger partial charge in [-0.15, -0.1) is 0 Å². The minimum atomic E-state index is 0.169. The van der Waals surface area contributed by atoms with Crippen molar-refractivity contribution in [1.82, 2.24) is 9.97 Å². The summed E-state index contributed by atoms with van der Waals surface area (Å²) in [4.78, 5) is 8.30. The Kier molecular flexibility index (Phi) is 3.39. The summed E-state index contributed by atoms with van der Waals surface area (Å²) in [5.41, 5.74) is 7.43. The molecule has 0 saturated heterocycles. The van der Waals surface area contributed by atoms with Gasteiger partial charge in [0.15, 0.2) is 0 Å². The van der Waals surface area contributed by atoms with E-state index in [1.165, 1.54) is 0 Å².